The number of quaternary nitrogens is 1. The Kier molecular flexibility index (Phi) is 6.52. The van der Waals surface area contributed by atoms with E-state index in [0.717, 1.165) is 11.0 Å². The quantitative estimate of drug-likeness (QED) is 0.445. The van der Waals surface area contributed by atoms with Crippen LogP contribution in [-0.4, -0.2) is 44.7 Å². The van der Waals surface area contributed by atoms with Crippen molar-refractivity contribution in [1.82, 2.24) is 0 Å². The first-order valence-corrected chi connectivity index (χ1v) is 3.35. The van der Waals surface area contributed by atoms with E-state index in [1.165, 1.54) is 6.92 Å². The third kappa shape index (κ3) is 12.8. The fourth-order valence-corrected chi connectivity index (χ4v) is 0.463. The van der Waals surface area contributed by atoms with Gasteiger partial charge in [-0.15, -0.1) is 0 Å². The highest BCUT2D eigenvalue weighted by Gasteiger charge is 2.06. The van der Waals surface area contributed by atoms with Crippen molar-refractivity contribution >= 4 is 5.97 Å². The van der Waals surface area contributed by atoms with Gasteiger partial charge < -0.3 is 9.22 Å². The summed E-state index contributed by atoms with van der Waals surface area (Å²) in [6, 6.07) is 0. The number of likely N-dealkylation sites (N-methyl/N-ethyl adjacent to an activating group) is 1. The van der Waals surface area contributed by atoms with Gasteiger partial charge in [0.1, 0.15) is 13.2 Å². The van der Waals surface area contributed by atoms with E-state index in [2.05, 4.69) is 21.1 Å². The van der Waals surface area contributed by atoms with Crippen LogP contribution in [0, 0.1) is 12.4 Å². The van der Waals surface area contributed by atoms with Crippen LogP contribution >= 0.6 is 0 Å². The lowest BCUT2D eigenvalue weighted by Gasteiger charge is -2.23. The normalized spacial score (nSPS) is 10.2. The molecule has 0 aromatic rings. The van der Waals surface area contributed by atoms with E-state index in [0.29, 0.717) is 6.61 Å². The fourth-order valence-electron chi connectivity index (χ4n) is 0.463. The van der Waals surface area contributed by atoms with E-state index < -0.39 is 0 Å². The molecule has 68 valence electrons. The molecule has 0 spiro atoms. The summed E-state index contributed by atoms with van der Waals surface area (Å²) in [6.45, 7) is 2.80. The van der Waals surface area contributed by atoms with Crippen molar-refractivity contribution in [1.29, 1.82) is 0 Å². The highest BCUT2D eigenvalue weighted by atomic mass is 35.5. The molecule has 0 aliphatic heterocycles. The van der Waals surface area contributed by atoms with Gasteiger partial charge in [0.15, 0.2) is 0 Å². The van der Waals surface area contributed by atoms with Crippen LogP contribution in [0.4, 0.5) is 0 Å². The Morgan fingerprint density at radius 2 is 1.82 bits per heavy atom. The second-order valence-corrected chi connectivity index (χ2v) is 3.35. The van der Waals surface area contributed by atoms with Crippen LogP contribution in [0.1, 0.15) is 6.92 Å². The third-order valence-corrected chi connectivity index (χ3v) is 1.07. The molecule has 4 heteroatoms. The Bertz CT molecular complexity index is 120. The number of halogens is 1. The van der Waals surface area contributed by atoms with Gasteiger partial charge in [-0.2, -0.15) is 0 Å². The lowest BCUT2D eigenvalue weighted by atomic mass is 10.5. The van der Waals surface area contributed by atoms with E-state index in [-0.39, 0.29) is 18.4 Å². The second kappa shape index (κ2) is 5.38. The topological polar surface area (TPSA) is 26.3 Å². The minimum atomic E-state index is -0.201. The standard InChI is InChI=1S/C7H16NO2.ClH2/c1-7(9)10-6-5-8(2,3)4;/h5-6H2,1-4H3;1H2/q2*+1. The zero-order valence-electron chi connectivity index (χ0n) is 7.63. The molecule has 0 N–H and O–H groups in total. The molecule has 0 fully saturated rings. The van der Waals surface area contributed by atoms with Crippen LogP contribution < -0.4 is 0 Å². The molecule has 0 aliphatic carbocycles. The molecule has 0 bridgehead atoms. The van der Waals surface area contributed by atoms with Gasteiger partial charge in [0.25, 0.3) is 0 Å². The number of carbonyl (C=O) groups is 1. The van der Waals surface area contributed by atoms with E-state index >= 15 is 0 Å². The van der Waals surface area contributed by atoms with E-state index in [1.807, 2.05) is 0 Å². The van der Waals surface area contributed by atoms with E-state index in [4.69, 9.17) is 4.74 Å². The molecule has 0 atom stereocenters. The van der Waals surface area contributed by atoms with Crippen molar-refractivity contribution in [3.05, 3.63) is 0 Å². The largest absolute Gasteiger partial charge is 0.460 e. The summed E-state index contributed by atoms with van der Waals surface area (Å²) < 4.78 is 5.59. The van der Waals surface area contributed by atoms with E-state index in [1.54, 1.807) is 0 Å². The zero-order chi connectivity index (χ0) is 8.20. The van der Waals surface area contributed by atoms with Gasteiger partial charge >= 0.3 is 5.97 Å². The maximum Gasteiger partial charge on any atom is 0.302 e. The Morgan fingerprint density at radius 1 is 1.36 bits per heavy atom. The number of hydrogen-bond acceptors (Lipinski definition) is 2. The molecule has 0 aromatic heterocycles. The maximum atomic E-state index is 10.3. The molecular weight excluding hydrogens is 166 g/mol. The number of nitrogens with zero attached hydrogens (tertiary/aromatic N) is 1. The average molecular weight is 184 g/mol. The van der Waals surface area contributed by atoms with Gasteiger partial charge in [0.2, 0.25) is 0 Å². The highest BCUT2D eigenvalue weighted by Crippen LogP contribution is 1.88. The smallest absolute Gasteiger partial charge is 0.302 e. The Morgan fingerprint density at radius 3 is 2.09 bits per heavy atom. The molecule has 0 aliphatic rings. The predicted molar refractivity (Wildman–Crippen MR) is 42.3 cm³/mol. The van der Waals surface area contributed by atoms with Gasteiger partial charge in [-0.25, -0.2) is 0 Å². The van der Waals surface area contributed by atoms with Crippen LogP contribution in [-0.2, 0) is 9.53 Å². The van der Waals surface area contributed by atoms with Crippen LogP contribution in [0.2, 0.25) is 0 Å². The predicted octanol–water partition coefficient (Wildman–Crippen LogP) is -0.280. The van der Waals surface area contributed by atoms with Crippen molar-refractivity contribution in [3.8, 4) is 0 Å². The maximum absolute atomic E-state index is 10.3. The number of carbonyl (C=O) groups excluding carboxylic acids is 1. The van der Waals surface area contributed by atoms with Crippen molar-refractivity contribution in [2.45, 2.75) is 6.92 Å². The highest BCUT2D eigenvalue weighted by molar-refractivity contribution is 5.65. The Balaban J connectivity index is 0. The molecule has 0 unspecified atom stereocenters. The van der Waals surface area contributed by atoms with Crippen LogP contribution in [0.5, 0.6) is 0 Å². The number of ether oxygens (including phenoxy) is 1. The summed E-state index contributed by atoms with van der Waals surface area (Å²) in [5.74, 6) is -0.201. The lowest BCUT2D eigenvalue weighted by molar-refractivity contribution is -0.870. The third-order valence-electron chi connectivity index (χ3n) is 1.07. The molecule has 0 heterocycles. The van der Waals surface area contributed by atoms with Gasteiger partial charge in [-0.3, -0.25) is 4.79 Å². The van der Waals surface area contributed by atoms with Crippen molar-refractivity contribution < 1.29 is 26.4 Å². The first-order chi connectivity index (χ1) is 4.42. The molecule has 11 heavy (non-hydrogen) atoms. The van der Waals surface area contributed by atoms with Crippen molar-refractivity contribution in [2.75, 3.05) is 34.3 Å². The monoisotopic (exact) mass is 183 g/mol. The fraction of sp³-hybridized carbons (Fsp3) is 0.857. The first-order valence-electron chi connectivity index (χ1n) is 3.35. The SMILES string of the molecule is CC(=O)OCC[N+](C)(C)C.[ClH2+]. The average Bonchev–Trinajstić information content (AvgIpc) is 1.59. The number of rotatable bonds is 3. The van der Waals surface area contributed by atoms with Crippen molar-refractivity contribution in [2.24, 2.45) is 0 Å². The summed E-state index contributed by atoms with van der Waals surface area (Å²) in [7, 11) is 6.18. The molecular formula is C7H18ClNO2+2. The van der Waals surface area contributed by atoms with Crippen LogP contribution in [0.3, 0.4) is 0 Å². The molecule has 0 amide bonds. The van der Waals surface area contributed by atoms with Gasteiger partial charge in [0.05, 0.1) is 33.6 Å². The molecule has 0 rings (SSSR count). The van der Waals surface area contributed by atoms with Crippen molar-refractivity contribution in [3.63, 3.8) is 0 Å². The molecule has 0 saturated carbocycles. The molecule has 0 radical (unpaired) electrons. The lowest BCUT2D eigenvalue weighted by Crippen LogP contribution is -2.37. The second-order valence-electron chi connectivity index (χ2n) is 3.35. The minimum absolute atomic E-state index is 0. The number of esters is 1. The summed E-state index contributed by atoms with van der Waals surface area (Å²) >= 11 is 0. The van der Waals surface area contributed by atoms with Gasteiger partial charge in [-0.1, -0.05) is 0 Å². The van der Waals surface area contributed by atoms with Gasteiger partial charge in [0, 0.05) is 6.92 Å². The summed E-state index contributed by atoms with van der Waals surface area (Å²) in [5, 5.41) is 0. The summed E-state index contributed by atoms with van der Waals surface area (Å²) in [4.78, 5) is 10.3. The minimum Gasteiger partial charge on any atom is -0.460 e. The zero-order valence-corrected chi connectivity index (χ0v) is 8.52. The summed E-state index contributed by atoms with van der Waals surface area (Å²) in [6.07, 6.45) is 0. The Hall–Kier alpha value is -0.280. The molecule has 3 nitrogen and oxygen atoms in total. The Labute approximate surface area is 74.3 Å². The molecule has 0 saturated heterocycles. The summed E-state index contributed by atoms with van der Waals surface area (Å²) in [5.41, 5.74) is 0. The van der Waals surface area contributed by atoms with Gasteiger partial charge in [-0.05, 0) is 0 Å². The van der Waals surface area contributed by atoms with E-state index in [9.17, 15) is 4.79 Å². The van der Waals surface area contributed by atoms with Crippen LogP contribution in [0.25, 0.3) is 0 Å². The number of hydrogen-bond donors (Lipinski definition) is 0. The molecule has 0 aromatic carbocycles. The van der Waals surface area contributed by atoms with Crippen LogP contribution in [0.15, 0.2) is 0 Å². The first kappa shape index (κ1) is 13.3.